The smallest absolute Gasteiger partial charge is 0.293 e. The monoisotopic (exact) mass is 296 g/mol. The predicted octanol–water partition coefficient (Wildman–Crippen LogP) is 0.230. The predicted molar refractivity (Wildman–Crippen MR) is 71.0 cm³/mol. The molecular weight excluding hydrogens is 283 g/mol. The van der Waals surface area contributed by atoms with Crippen molar-refractivity contribution in [1.82, 2.24) is 9.80 Å². The summed E-state index contributed by atoms with van der Waals surface area (Å²) in [5.74, 6) is -2.07. The van der Waals surface area contributed by atoms with E-state index in [0.717, 1.165) is 17.0 Å². The lowest BCUT2D eigenvalue weighted by atomic mass is 10.1. The molecule has 0 bridgehead atoms. The van der Waals surface area contributed by atoms with E-state index in [2.05, 4.69) is 0 Å². The molecule has 21 heavy (non-hydrogen) atoms. The summed E-state index contributed by atoms with van der Waals surface area (Å²) in [5, 5.41) is 10.8. The first-order chi connectivity index (χ1) is 9.82. The van der Waals surface area contributed by atoms with Crippen LogP contribution in [0.1, 0.15) is 10.4 Å². The fraction of sp³-hybridized carbons (Fsp3) is 0.333. The molecule has 0 radical (unpaired) electrons. The molecule has 1 heterocycles. The summed E-state index contributed by atoms with van der Waals surface area (Å²) in [4.78, 5) is 36.4. The molecule has 8 nitrogen and oxygen atoms in total. The third-order valence-electron chi connectivity index (χ3n) is 3.33. The summed E-state index contributed by atoms with van der Waals surface area (Å²) in [6.45, 7) is 0.306. The van der Waals surface area contributed by atoms with Gasteiger partial charge in [0.2, 0.25) is 5.91 Å². The van der Waals surface area contributed by atoms with E-state index < -0.39 is 33.6 Å². The number of anilines is 1. The minimum atomic E-state index is -0.950. The van der Waals surface area contributed by atoms with E-state index in [1.54, 1.807) is 7.05 Å². The van der Waals surface area contributed by atoms with Crippen molar-refractivity contribution >= 4 is 23.2 Å². The molecule has 1 saturated heterocycles. The number of likely N-dealkylation sites (N-methyl/N-ethyl adjacent to an activating group) is 1. The summed E-state index contributed by atoms with van der Waals surface area (Å²) < 4.78 is 13.8. The Balaban J connectivity index is 2.37. The Hall–Kier alpha value is -2.71. The highest BCUT2D eigenvalue weighted by molar-refractivity contribution is 6.02. The van der Waals surface area contributed by atoms with E-state index in [1.807, 2.05) is 0 Å². The van der Waals surface area contributed by atoms with Gasteiger partial charge < -0.3 is 15.5 Å². The number of nitrogens with zero attached hydrogens (tertiary/aromatic N) is 3. The molecule has 1 aromatic carbocycles. The van der Waals surface area contributed by atoms with Gasteiger partial charge in [-0.05, 0) is 6.07 Å². The van der Waals surface area contributed by atoms with Crippen LogP contribution in [-0.4, -0.2) is 53.2 Å². The lowest BCUT2D eigenvalue weighted by Gasteiger charge is -2.32. The van der Waals surface area contributed by atoms with E-state index in [9.17, 15) is 24.1 Å². The standard InChI is InChI=1S/C12H13FN4O4/c1-15-4-5-16(6-9(15)18)12(19)10-7(13)2-3-8(11(10)14)17(20)21/h2-3H,4-6,14H2,1H3. The first-order valence-corrected chi connectivity index (χ1v) is 6.08. The maximum Gasteiger partial charge on any atom is 0.293 e. The van der Waals surface area contributed by atoms with Crippen molar-refractivity contribution in [2.24, 2.45) is 0 Å². The molecule has 2 N–H and O–H groups in total. The molecule has 1 aliphatic rings. The van der Waals surface area contributed by atoms with Crippen LogP contribution in [0, 0.1) is 15.9 Å². The average Bonchev–Trinajstić information content (AvgIpc) is 2.41. The zero-order valence-corrected chi connectivity index (χ0v) is 11.2. The molecule has 1 fully saturated rings. The van der Waals surface area contributed by atoms with E-state index in [1.165, 1.54) is 4.90 Å². The maximum atomic E-state index is 13.8. The molecule has 9 heteroatoms. The number of nitro benzene ring substituents is 1. The molecular formula is C12H13FN4O4. The van der Waals surface area contributed by atoms with Crippen LogP contribution in [-0.2, 0) is 4.79 Å². The lowest BCUT2D eigenvalue weighted by Crippen LogP contribution is -2.50. The number of carbonyl (C=O) groups is 2. The van der Waals surface area contributed by atoms with E-state index in [-0.39, 0.29) is 19.0 Å². The number of hydrogen-bond donors (Lipinski definition) is 1. The molecule has 0 unspecified atom stereocenters. The van der Waals surface area contributed by atoms with E-state index in [0.29, 0.717) is 6.54 Å². The van der Waals surface area contributed by atoms with Crippen LogP contribution >= 0.6 is 0 Å². The first kappa shape index (κ1) is 14.7. The van der Waals surface area contributed by atoms with Crippen molar-refractivity contribution in [2.75, 3.05) is 32.4 Å². The van der Waals surface area contributed by atoms with Crippen LogP contribution in [0.15, 0.2) is 12.1 Å². The molecule has 0 atom stereocenters. The van der Waals surface area contributed by atoms with Gasteiger partial charge in [-0.25, -0.2) is 4.39 Å². The Morgan fingerprint density at radius 2 is 2.10 bits per heavy atom. The van der Waals surface area contributed by atoms with Gasteiger partial charge >= 0.3 is 0 Å². The normalized spacial score (nSPS) is 15.2. The minimum Gasteiger partial charge on any atom is -0.392 e. The second kappa shape index (κ2) is 5.35. The third kappa shape index (κ3) is 2.62. The Bertz CT molecular complexity index is 634. The Morgan fingerprint density at radius 1 is 1.43 bits per heavy atom. The molecule has 0 saturated carbocycles. The van der Waals surface area contributed by atoms with E-state index >= 15 is 0 Å². The zero-order valence-electron chi connectivity index (χ0n) is 11.2. The number of nitro groups is 1. The Labute approximate surface area is 119 Å². The lowest BCUT2D eigenvalue weighted by molar-refractivity contribution is -0.384. The molecule has 1 aliphatic heterocycles. The van der Waals surface area contributed by atoms with Crippen LogP contribution < -0.4 is 5.73 Å². The average molecular weight is 296 g/mol. The molecule has 1 aromatic rings. The number of nitrogen functional groups attached to an aromatic ring is 1. The summed E-state index contributed by atoms with van der Waals surface area (Å²) in [6, 6.07) is 1.72. The van der Waals surface area contributed by atoms with Crippen molar-refractivity contribution in [2.45, 2.75) is 0 Å². The SMILES string of the molecule is CN1CCN(C(=O)c2c(F)ccc([N+](=O)[O-])c2N)CC1=O. The van der Waals surface area contributed by atoms with Crippen molar-refractivity contribution in [1.29, 1.82) is 0 Å². The van der Waals surface area contributed by atoms with Crippen molar-refractivity contribution in [3.8, 4) is 0 Å². The number of carbonyl (C=O) groups excluding carboxylic acids is 2. The third-order valence-corrected chi connectivity index (χ3v) is 3.33. The van der Waals surface area contributed by atoms with Gasteiger partial charge in [-0.2, -0.15) is 0 Å². The van der Waals surface area contributed by atoms with E-state index in [4.69, 9.17) is 5.73 Å². The summed E-state index contributed by atoms with van der Waals surface area (Å²) in [5.41, 5.74) is 3.89. The number of benzene rings is 1. The van der Waals surface area contributed by atoms with Gasteiger partial charge in [0.25, 0.3) is 11.6 Å². The molecule has 0 aliphatic carbocycles. The Kier molecular flexibility index (Phi) is 3.74. The summed E-state index contributed by atoms with van der Waals surface area (Å²) in [7, 11) is 1.59. The van der Waals surface area contributed by atoms with Gasteiger partial charge in [-0.15, -0.1) is 0 Å². The highest BCUT2D eigenvalue weighted by Crippen LogP contribution is 2.28. The number of amides is 2. The van der Waals surface area contributed by atoms with Gasteiger partial charge in [0.1, 0.15) is 23.6 Å². The number of nitrogens with two attached hydrogens (primary N) is 1. The topological polar surface area (TPSA) is 110 Å². The second-order valence-corrected chi connectivity index (χ2v) is 4.65. The first-order valence-electron chi connectivity index (χ1n) is 6.08. The molecule has 2 amide bonds. The van der Waals surface area contributed by atoms with Gasteiger partial charge in [0.15, 0.2) is 0 Å². The molecule has 2 rings (SSSR count). The molecule has 0 spiro atoms. The van der Waals surface area contributed by atoms with Crippen molar-refractivity contribution < 1.29 is 18.9 Å². The van der Waals surface area contributed by atoms with Gasteiger partial charge in [-0.3, -0.25) is 19.7 Å². The van der Waals surface area contributed by atoms with Crippen LogP contribution in [0.3, 0.4) is 0 Å². The summed E-state index contributed by atoms with van der Waals surface area (Å²) in [6.07, 6.45) is 0. The van der Waals surface area contributed by atoms with Gasteiger partial charge in [0, 0.05) is 26.2 Å². The maximum absolute atomic E-state index is 13.8. The Morgan fingerprint density at radius 3 is 2.67 bits per heavy atom. The van der Waals surface area contributed by atoms with Crippen molar-refractivity contribution in [3.05, 3.63) is 33.6 Å². The van der Waals surface area contributed by atoms with Gasteiger partial charge in [0.05, 0.1) is 4.92 Å². The number of hydrogen-bond acceptors (Lipinski definition) is 5. The fourth-order valence-electron chi connectivity index (χ4n) is 2.05. The highest BCUT2D eigenvalue weighted by Gasteiger charge is 2.31. The van der Waals surface area contributed by atoms with Crippen LogP contribution in [0.4, 0.5) is 15.8 Å². The summed E-state index contributed by atoms with van der Waals surface area (Å²) >= 11 is 0. The van der Waals surface area contributed by atoms with Crippen LogP contribution in [0.2, 0.25) is 0 Å². The number of piperazine rings is 1. The molecule has 112 valence electrons. The second-order valence-electron chi connectivity index (χ2n) is 4.65. The molecule has 0 aromatic heterocycles. The fourth-order valence-corrected chi connectivity index (χ4v) is 2.05. The van der Waals surface area contributed by atoms with Crippen LogP contribution in [0.25, 0.3) is 0 Å². The van der Waals surface area contributed by atoms with Gasteiger partial charge in [-0.1, -0.05) is 0 Å². The largest absolute Gasteiger partial charge is 0.392 e. The quantitative estimate of drug-likeness (QED) is 0.477. The zero-order chi connectivity index (χ0) is 15.7. The minimum absolute atomic E-state index is 0.211. The highest BCUT2D eigenvalue weighted by atomic mass is 19.1. The number of rotatable bonds is 2. The van der Waals surface area contributed by atoms with Crippen molar-refractivity contribution in [3.63, 3.8) is 0 Å². The van der Waals surface area contributed by atoms with Crippen LogP contribution in [0.5, 0.6) is 0 Å². The number of halogens is 1.